The van der Waals surface area contributed by atoms with Crippen molar-refractivity contribution < 1.29 is 14.7 Å². The number of nitrogens with one attached hydrogen (secondary N) is 1. The standard InChI is InChI=1S/C18H20ClN3O4/c1-11(2)9-15(18(25)26)20-16(23)10-22-17(24)8-7-14(21-22)12-3-5-13(19)6-4-12/h3-8,11,15H,9-10H2,1-2H3,(H,20,23)(H,25,26). The molecule has 1 aromatic heterocycles. The Kier molecular flexibility index (Phi) is 6.52. The van der Waals surface area contributed by atoms with Crippen molar-refractivity contribution in [1.82, 2.24) is 15.1 Å². The minimum Gasteiger partial charge on any atom is -0.480 e. The topological polar surface area (TPSA) is 101 Å². The van der Waals surface area contributed by atoms with Crippen molar-refractivity contribution in [3.63, 3.8) is 0 Å². The molecule has 0 aliphatic heterocycles. The zero-order valence-electron chi connectivity index (χ0n) is 14.5. The second-order valence-electron chi connectivity index (χ2n) is 6.31. The van der Waals surface area contributed by atoms with E-state index < -0.39 is 23.5 Å². The van der Waals surface area contributed by atoms with E-state index in [1.54, 1.807) is 30.3 Å². The highest BCUT2D eigenvalue weighted by atomic mass is 35.5. The van der Waals surface area contributed by atoms with Crippen molar-refractivity contribution in [1.29, 1.82) is 0 Å². The molecule has 0 aliphatic rings. The summed E-state index contributed by atoms with van der Waals surface area (Å²) in [7, 11) is 0. The minimum atomic E-state index is -1.11. The first-order valence-electron chi connectivity index (χ1n) is 8.12. The molecule has 1 amide bonds. The molecular formula is C18H20ClN3O4. The minimum absolute atomic E-state index is 0.102. The van der Waals surface area contributed by atoms with E-state index in [-0.39, 0.29) is 12.5 Å². The van der Waals surface area contributed by atoms with Gasteiger partial charge in [0.1, 0.15) is 12.6 Å². The third-order valence-electron chi connectivity index (χ3n) is 3.64. The third-order valence-corrected chi connectivity index (χ3v) is 3.89. The van der Waals surface area contributed by atoms with E-state index >= 15 is 0 Å². The van der Waals surface area contributed by atoms with Gasteiger partial charge in [-0.25, -0.2) is 9.48 Å². The Balaban J connectivity index is 2.16. The van der Waals surface area contributed by atoms with E-state index in [1.165, 1.54) is 6.07 Å². The van der Waals surface area contributed by atoms with Crippen LogP contribution in [0.25, 0.3) is 11.3 Å². The molecule has 0 spiro atoms. The van der Waals surface area contributed by atoms with Gasteiger partial charge in [0.25, 0.3) is 5.56 Å². The molecule has 1 heterocycles. The second-order valence-corrected chi connectivity index (χ2v) is 6.75. The van der Waals surface area contributed by atoms with Gasteiger partial charge in [0.15, 0.2) is 0 Å². The van der Waals surface area contributed by atoms with Crippen LogP contribution in [0.4, 0.5) is 0 Å². The smallest absolute Gasteiger partial charge is 0.326 e. The van der Waals surface area contributed by atoms with Gasteiger partial charge in [-0.05, 0) is 30.5 Å². The van der Waals surface area contributed by atoms with Gasteiger partial charge in [0, 0.05) is 16.7 Å². The van der Waals surface area contributed by atoms with Crippen molar-refractivity contribution in [2.45, 2.75) is 32.9 Å². The van der Waals surface area contributed by atoms with Crippen molar-refractivity contribution in [3.05, 3.63) is 51.8 Å². The number of rotatable bonds is 7. The van der Waals surface area contributed by atoms with Crippen LogP contribution in [-0.4, -0.2) is 32.8 Å². The molecule has 2 rings (SSSR count). The average molecular weight is 378 g/mol. The maximum atomic E-state index is 12.2. The van der Waals surface area contributed by atoms with E-state index in [9.17, 15) is 19.5 Å². The predicted molar refractivity (Wildman–Crippen MR) is 98.0 cm³/mol. The highest BCUT2D eigenvalue weighted by Crippen LogP contribution is 2.18. The molecule has 0 aliphatic carbocycles. The van der Waals surface area contributed by atoms with Crippen LogP contribution < -0.4 is 10.9 Å². The van der Waals surface area contributed by atoms with Crippen LogP contribution in [0.2, 0.25) is 5.02 Å². The number of carbonyl (C=O) groups is 2. The first-order valence-corrected chi connectivity index (χ1v) is 8.50. The zero-order valence-corrected chi connectivity index (χ0v) is 15.2. The van der Waals surface area contributed by atoms with Crippen LogP contribution in [0, 0.1) is 5.92 Å². The maximum Gasteiger partial charge on any atom is 0.326 e. The summed E-state index contributed by atoms with van der Waals surface area (Å²) in [6.45, 7) is 3.37. The maximum absolute atomic E-state index is 12.2. The summed E-state index contributed by atoms with van der Waals surface area (Å²) in [5.74, 6) is -1.59. The molecule has 0 radical (unpaired) electrons. The molecule has 138 valence electrons. The van der Waals surface area contributed by atoms with E-state index in [1.807, 2.05) is 13.8 Å². The van der Waals surface area contributed by atoms with Crippen LogP contribution in [0.3, 0.4) is 0 Å². The van der Waals surface area contributed by atoms with E-state index in [4.69, 9.17) is 11.6 Å². The highest BCUT2D eigenvalue weighted by molar-refractivity contribution is 6.30. The molecule has 0 saturated heterocycles. The lowest BCUT2D eigenvalue weighted by Crippen LogP contribution is -2.44. The molecular weight excluding hydrogens is 358 g/mol. The number of aliphatic carboxylic acids is 1. The molecule has 8 heteroatoms. The van der Waals surface area contributed by atoms with Crippen LogP contribution >= 0.6 is 11.6 Å². The number of hydrogen-bond acceptors (Lipinski definition) is 4. The molecule has 1 unspecified atom stereocenters. The number of carbonyl (C=O) groups excluding carboxylic acids is 1. The van der Waals surface area contributed by atoms with Gasteiger partial charge in [-0.1, -0.05) is 37.6 Å². The summed E-state index contributed by atoms with van der Waals surface area (Å²) in [6.07, 6.45) is 0.300. The number of nitrogens with zero attached hydrogens (tertiary/aromatic N) is 2. The lowest BCUT2D eigenvalue weighted by Gasteiger charge is -2.16. The highest BCUT2D eigenvalue weighted by Gasteiger charge is 2.21. The van der Waals surface area contributed by atoms with Gasteiger partial charge in [0.2, 0.25) is 5.91 Å². The summed E-state index contributed by atoms with van der Waals surface area (Å²) < 4.78 is 1.01. The predicted octanol–water partition coefficient (Wildman–Crippen LogP) is 2.18. The quantitative estimate of drug-likeness (QED) is 0.770. The Hall–Kier alpha value is -2.67. The number of hydrogen-bond donors (Lipinski definition) is 2. The fourth-order valence-corrected chi connectivity index (χ4v) is 2.53. The largest absolute Gasteiger partial charge is 0.480 e. The molecule has 1 aromatic carbocycles. The fraction of sp³-hybridized carbons (Fsp3) is 0.333. The van der Waals surface area contributed by atoms with Gasteiger partial charge in [-0.15, -0.1) is 0 Å². The first kappa shape index (κ1) is 19.7. The van der Waals surface area contributed by atoms with Crippen molar-refractivity contribution in [2.75, 3.05) is 0 Å². The van der Waals surface area contributed by atoms with Gasteiger partial charge in [0.05, 0.1) is 5.69 Å². The molecule has 0 bridgehead atoms. The lowest BCUT2D eigenvalue weighted by atomic mass is 10.0. The van der Waals surface area contributed by atoms with Crippen molar-refractivity contribution in [3.8, 4) is 11.3 Å². The number of halogens is 1. The zero-order chi connectivity index (χ0) is 19.3. The Morgan fingerprint density at radius 1 is 1.19 bits per heavy atom. The van der Waals surface area contributed by atoms with Crippen molar-refractivity contribution in [2.24, 2.45) is 5.92 Å². The van der Waals surface area contributed by atoms with E-state index in [2.05, 4.69) is 10.4 Å². The van der Waals surface area contributed by atoms with E-state index in [0.717, 1.165) is 10.2 Å². The Bertz CT molecular complexity index is 846. The molecule has 2 N–H and O–H groups in total. The van der Waals surface area contributed by atoms with Gasteiger partial charge in [-0.3, -0.25) is 9.59 Å². The summed E-state index contributed by atoms with van der Waals surface area (Å²) in [6, 6.07) is 8.77. The monoisotopic (exact) mass is 377 g/mol. The number of benzene rings is 1. The Labute approximate surface area is 155 Å². The van der Waals surface area contributed by atoms with Crippen LogP contribution in [0.15, 0.2) is 41.2 Å². The normalized spacial score (nSPS) is 12.0. The third kappa shape index (κ3) is 5.42. The summed E-state index contributed by atoms with van der Waals surface area (Å²) in [5, 5.41) is 16.4. The fourth-order valence-electron chi connectivity index (χ4n) is 2.41. The second kappa shape index (κ2) is 8.62. The summed E-state index contributed by atoms with van der Waals surface area (Å²) >= 11 is 5.86. The number of amides is 1. The first-order chi connectivity index (χ1) is 12.3. The Morgan fingerprint density at radius 2 is 1.85 bits per heavy atom. The van der Waals surface area contributed by atoms with Crippen LogP contribution in [0.1, 0.15) is 20.3 Å². The summed E-state index contributed by atoms with van der Waals surface area (Å²) in [4.78, 5) is 35.4. The van der Waals surface area contributed by atoms with Crippen LogP contribution in [0.5, 0.6) is 0 Å². The van der Waals surface area contributed by atoms with Crippen molar-refractivity contribution >= 4 is 23.5 Å². The average Bonchev–Trinajstić information content (AvgIpc) is 2.56. The molecule has 1 atom stereocenters. The summed E-state index contributed by atoms with van der Waals surface area (Å²) in [5.41, 5.74) is 0.798. The molecule has 0 saturated carbocycles. The molecule has 0 fully saturated rings. The van der Waals surface area contributed by atoms with E-state index in [0.29, 0.717) is 17.1 Å². The lowest BCUT2D eigenvalue weighted by molar-refractivity contribution is -0.142. The molecule has 7 nitrogen and oxygen atoms in total. The number of carboxylic acids is 1. The SMILES string of the molecule is CC(C)CC(NC(=O)Cn1nc(-c2ccc(Cl)cc2)ccc1=O)C(=O)O. The number of carboxylic acid groups (broad SMARTS) is 1. The van der Waals surface area contributed by atoms with Gasteiger partial charge in [-0.2, -0.15) is 5.10 Å². The molecule has 26 heavy (non-hydrogen) atoms. The van der Waals surface area contributed by atoms with Crippen LogP contribution in [-0.2, 0) is 16.1 Å². The number of aromatic nitrogens is 2. The Morgan fingerprint density at radius 3 is 2.42 bits per heavy atom. The van der Waals surface area contributed by atoms with Gasteiger partial charge >= 0.3 is 5.97 Å². The molecule has 2 aromatic rings. The van der Waals surface area contributed by atoms with Gasteiger partial charge < -0.3 is 10.4 Å².